The normalized spacial score (nSPS) is 11.3. The monoisotopic (exact) mass is 281 g/mol. The fourth-order valence-electron chi connectivity index (χ4n) is 1.01. The molecule has 1 aromatic carbocycles. The predicted molar refractivity (Wildman–Crippen MR) is 54.2 cm³/mol. The first kappa shape index (κ1) is 12.1. The molecule has 0 saturated heterocycles. The van der Waals surface area contributed by atoms with E-state index in [1.165, 1.54) is 6.07 Å². The molecule has 0 N–H and O–H groups in total. The van der Waals surface area contributed by atoms with Crippen LogP contribution in [0.15, 0.2) is 22.7 Å². The molecular weight excluding hydrogens is 276 g/mol. The van der Waals surface area contributed by atoms with E-state index < -0.39 is 18.4 Å². The van der Waals surface area contributed by atoms with Gasteiger partial charge in [0.2, 0.25) is 0 Å². The summed E-state index contributed by atoms with van der Waals surface area (Å²) < 4.78 is 41.7. The van der Waals surface area contributed by atoms with Crippen molar-refractivity contribution < 1.29 is 22.5 Å². The average molecular weight is 282 g/mol. The molecule has 0 heterocycles. The number of halogens is 4. The molecule has 0 aromatic heterocycles. The fourth-order valence-corrected chi connectivity index (χ4v) is 1.42. The molecule has 0 aliphatic heterocycles. The zero-order chi connectivity index (χ0) is 11.6. The van der Waals surface area contributed by atoms with Crippen LogP contribution in [0.4, 0.5) is 12.9 Å². The lowest BCUT2D eigenvalue weighted by Gasteiger charge is -2.15. The number of hydrogen-bond donors (Lipinski definition) is 0. The van der Waals surface area contributed by atoms with E-state index in [2.05, 4.69) is 20.7 Å². The molecule has 0 radical (unpaired) electrons. The van der Waals surface area contributed by atoms with Gasteiger partial charge in [-0.2, -0.15) is 0 Å². The summed E-state index contributed by atoms with van der Waals surface area (Å²) in [4.78, 5) is 11.1. The van der Waals surface area contributed by atoms with Crippen molar-refractivity contribution in [2.75, 3.05) is 7.11 Å². The molecule has 7 heteroatoms. The maximum atomic E-state index is 12.4. The largest absolute Gasteiger partial charge is 0.509 e. The minimum absolute atomic E-state index is 0.130. The average Bonchev–Trinajstić information content (AvgIpc) is 2.15. The first-order chi connectivity index (χ1) is 6.86. The van der Waals surface area contributed by atoms with Crippen molar-refractivity contribution in [2.45, 2.75) is 0 Å². The standard InChI is InChI=1S/C8H6BBrF3O2/c1-15-8(14)6-4-5(9(11,12)13)2-3-7(6)10/h2-4H,1H3/q-1. The Morgan fingerprint density at radius 1 is 1.40 bits per heavy atom. The Balaban J connectivity index is 3.23. The highest BCUT2D eigenvalue weighted by Gasteiger charge is 2.27. The molecule has 0 bridgehead atoms. The molecule has 2 nitrogen and oxygen atoms in total. The van der Waals surface area contributed by atoms with Crippen molar-refractivity contribution in [1.29, 1.82) is 0 Å². The third-order valence-corrected chi connectivity index (χ3v) is 2.47. The number of esters is 1. The highest BCUT2D eigenvalue weighted by atomic mass is 79.9. The Bertz CT molecular complexity index is 392. The lowest BCUT2D eigenvalue weighted by molar-refractivity contribution is 0.0600. The van der Waals surface area contributed by atoms with Gasteiger partial charge in [0.05, 0.1) is 12.7 Å². The second-order valence-corrected chi connectivity index (χ2v) is 3.66. The summed E-state index contributed by atoms with van der Waals surface area (Å²) in [5, 5.41) is 0. The number of benzene rings is 1. The van der Waals surface area contributed by atoms with Crippen LogP contribution in [0.5, 0.6) is 0 Å². The van der Waals surface area contributed by atoms with Crippen LogP contribution < -0.4 is 5.46 Å². The predicted octanol–water partition coefficient (Wildman–Crippen LogP) is 2.29. The zero-order valence-corrected chi connectivity index (χ0v) is 9.22. The van der Waals surface area contributed by atoms with Gasteiger partial charge >= 0.3 is 12.9 Å². The summed E-state index contributed by atoms with van der Waals surface area (Å²) in [6.45, 7) is -5.10. The molecule has 0 atom stereocenters. The number of rotatable bonds is 2. The molecular formula is C8H6BBrF3O2-. The third kappa shape index (κ3) is 2.74. The van der Waals surface area contributed by atoms with Crippen molar-refractivity contribution >= 4 is 34.3 Å². The van der Waals surface area contributed by atoms with E-state index in [4.69, 9.17) is 0 Å². The summed E-state index contributed by atoms with van der Waals surface area (Å²) in [5.41, 5.74) is -0.951. The smallest absolute Gasteiger partial charge is 0.465 e. The van der Waals surface area contributed by atoms with Crippen molar-refractivity contribution in [3.8, 4) is 0 Å². The van der Waals surface area contributed by atoms with Crippen molar-refractivity contribution in [1.82, 2.24) is 0 Å². The molecule has 0 aliphatic rings. The maximum absolute atomic E-state index is 12.4. The molecule has 1 rings (SSSR count). The second kappa shape index (κ2) is 4.26. The van der Waals surface area contributed by atoms with Gasteiger partial charge in [-0.05, 0) is 22.0 Å². The summed E-state index contributed by atoms with van der Waals surface area (Å²) in [6, 6.07) is 2.86. The van der Waals surface area contributed by atoms with Crippen LogP contribution in [0.2, 0.25) is 0 Å². The fraction of sp³-hybridized carbons (Fsp3) is 0.125. The molecule has 82 valence electrons. The lowest BCUT2D eigenvalue weighted by atomic mass is 9.79. The zero-order valence-electron chi connectivity index (χ0n) is 7.64. The van der Waals surface area contributed by atoms with E-state index in [0.717, 1.165) is 19.2 Å². The Morgan fingerprint density at radius 2 is 2.00 bits per heavy atom. The summed E-state index contributed by atoms with van der Waals surface area (Å²) >= 11 is 2.98. The van der Waals surface area contributed by atoms with Gasteiger partial charge in [-0.25, -0.2) is 4.79 Å². The molecule has 15 heavy (non-hydrogen) atoms. The molecule has 1 aromatic rings. The van der Waals surface area contributed by atoms with Gasteiger partial charge < -0.3 is 17.7 Å². The van der Waals surface area contributed by atoms with Gasteiger partial charge in [-0.15, -0.1) is 5.46 Å². The van der Waals surface area contributed by atoms with E-state index in [1.807, 2.05) is 0 Å². The Kier molecular flexibility index (Phi) is 3.44. The van der Waals surface area contributed by atoms with Gasteiger partial charge in [-0.1, -0.05) is 12.1 Å². The van der Waals surface area contributed by atoms with Crippen LogP contribution in [0, 0.1) is 0 Å². The summed E-state index contributed by atoms with van der Waals surface area (Å²) in [6.07, 6.45) is 0. The number of hydrogen-bond acceptors (Lipinski definition) is 2. The van der Waals surface area contributed by atoms with Crippen molar-refractivity contribution in [3.63, 3.8) is 0 Å². The Labute approximate surface area is 92.6 Å². The van der Waals surface area contributed by atoms with Crippen LogP contribution in [-0.4, -0.2) is 20.1 Å². The number of carbonyl (C=O) groups is 1. The number of carbonyl (C=O) groups excluding carboxylic acids is 1. The minimum Gasteiger partial charge on any atom is -0.465 e. The quantitative estimate of drug-likeness (QED) is 0.614. The van der Waals surface area contributed by atoms with E-state index >= 15 is 0 Å². The van der Waals surface area contributed by atoms with E-state index in [-0.39, 0.29) is 10.0 Å². The van der Waals surface area contributed by atoms with Gasteiger partial charge in [0.1, 0.15) is 0 Å². The maximum Gasteiger partial charge on any atom is 0.509 e. The highest BCUT2D eigenvalue weighted by Crippen LogP contribution is 2.18. The molecule has 0 amide bonds. The molecule has 0 fully saturated rings. The van der Waals surface area contributed by atoms with Crippen molar-refractivity contribution in [3.05, 3.63) is 28.2 Å². The molecule has 0 aliphatic carbocycles. The van der Waals surface area contributed by atoms with Crippen LogP contribution in [0.3, 0.4) is 0 Å². The van der Waals surface area contributed by atoms with E-state index in [1.54, 1.807) is 0 Å². The SMILES string of the molecule is COC(=O)c1cc([B-](F)(F)F)ccc1Br. The van der Waals surface area contributed by atoms with Gasteiger partial charge in [0.25, 0.3) is 0 Å². The van der Waals surface area contributed by atoms with Crippen LogP contribution in [0.1, 0.15) is 10.4 Å². The summed E-state index contributed by atoms with van der Waals surface area (Å²) in [7, 11) is 1.11. The van der Waals surface area contributed by atoms with E-state index in [0.29, 0.717) is 0 Å². The third-order valence-electron chi connectivity index (χ3n) is 1.77. The first-order valence-electron chi connectivity index (χ1n) is 3.94. The Hall–Kier alpha value is -0.975. The van der Waals surface area contributed by atoms with Gasteiger partial charge in [0.15, 0.2) is 0 Å². The topological polar surface area (TPSA) is 26.3 Å². The van der Waals surface area contributed by atoms with Gasteiger partial charge in [-0.3, -0.25) is 0 Å². The number of methoxy groups -OCH3 is 1. The van der Waals surface area contributed by atoms with Crippen molar-refractivity contribution in [2.24, 2.45) is 0 Å². The molecule has 0 saturated carbocycles. The summed E-state index contributed by atoms with van der Waals surface area (Å²) in [5.74, 6) is -0.802. The number of ether oxygens (including phenoxy) is 1. The first-order valence-corrected chi connectivity index (χ1v) is 4.73. The second-order valence-electron chi connectivity index (χ2n) is 2.81. The molecule has 0 unspecified atom stereocenters. The van der Waals surface area contributed by atoms with Crippen LogP contribution >= 0.6 is 15.9 Å². The van der Waals surface area contributed by atoms with Gasteiger partial charge in [0, 0.05) is 4.47 Å². The molecule has 0 spiro atoms. The highest BCUT2D eigenvalue weighted by molar-refractivity contribution is 9.10. The van der Waals surface area contributed by atoms with E-state index in [9.17, 15) is 17.7 Å². The minimum atomic E-state index is -5.10. The Morgan fingerprint density at radius 3 is 2.47 bits per heavy atom. The van der Waals surface area contributed by atoms with Crippen LogP contribution in [-0.2, 0) is 4.74 Å². The van der Waals surface area contributed by atoms with Crippen LogP contribution in [0.25, 0.3) is 0 Å². The lowest BCUT2D eigenvalue weighted by Crippen LogP contribution is -2.34.